The molecule has 0 saturated heterocycles. The zero-order valence-electron chi connectivity index (χ0n) is 12.0. The van der Waals surface area contributed by atoms with E-state index in [4.69, 9.17) is 0 Å². The molecule has 4 heteroatoms. The third-order valence-electron chi connectivity index (χ3n) is 3.65. The number of anilines is 2. The van der Waals surface area contributed by atoms with Gasteiger partial charge in [-0.3, -0.25) is 4.79 Å². The Kier molecular flexibility index (Phi) is 4.15. The predicted octanol–water partition coefficient (Wildman–Crippen LogP) is 4.02. The highest BCUT2D eigenvalue weighted by Gasteiger charge is 2.12. The number of carbonyl (C=O) groups excluding carboxylic acids is 1. The largest absolute Gasteiger partial charge is 0.385 e. The second kappa shape index (κ2) is 6.22. The Morgan fingerprint density at radius 3 is 2.76 bits per heavy atom. The number of amides is 1. The molecule has 1 aliphatic rings. The van der Waals surface area contributed by atoms with Crippen LogP contribution in [0.1, 0.15) is 22.3 Å². The van der Waals surface area contributed by atoms with E-state index in [9.17, 15) is 4.79 Å². The van der Waals surface area contributed by atoms with Crippen molar-refractivity contribution in [2.45, 2.75) is 17.7 Å². The number of nitrogens with one attached hydrogen (secondary N) is 2. The van der Waals surface area contributed by atoms with Crippen molar-refractivity contribution in [2.24, 2.45) is 0 Å². The van der Waals surface area contributed by atoms with Crippen molar-refractivity contribution in [2.75, 3.05) is 23.4 Å². The minimum atomic E-state index is -0.0553. The summed E-state index contributed by atoms with van der Waals surface area (Å²) < 4.78 is 0. The first-order valence-electron chi connectivity index (χ1n) is 7.08. The van der Waals surface area contributed by atoms with Gasteiger partial charge >= 0.3 is 0 Å². The summed E-state index contributed by atoms with van der Waals surface area (Å²) in [5.74, 6) is -0.0553. The molecule has 0 bridgehead atoms. The molecule has 3 nitrogen and oxygen atoms in total. The molecule has 2 N–H and O–H groups in total. The van der Waals surface area contributed by atoms with Crippen LogP contribution in [0.2, 0.25) is 0 Å². The third kappa shape index (κ3) is 3.22. The van der Waals surface area contributed by atoms with Crippen molar-refractivity contribution in [1.29, 1.82) is 0 Å². The fourth-order valence-corrected chi connectivity index (χ4v) is 2.90. The van der Waals surface area contributed by atoms with Gasteiger partial charge < -0.3 is 10.6 Å². The SMILES string of the molecule is CSc1ccc(NC(=O)c2ccc3c(c2)CCCN3)cc1. The quantitative estimate of drug-likeness (QED) is 0.841. The Morgan fingerprint density at radius 2 is 2.00 bits per heavy atom. The molecule has 108 valence electrons. The molecule has 3 rings (SSSR count). The molecule has 1 amide bonds. The van der Waals surface area contributed by atoms with E-state index in [-0.39, 0.29) is 5.91 Å². The van der Waals surface area contributed by atoms with Gasteiger partial charge in [-0.05, 0) is 67.1 Å². The van der Waals surface area contributed by atoms with Crippen LogP contribution in [-0.2, 0) is 6.42 Å². The smallest absolute Gasteiger partial charge is 0.255 e. The summed E-state index contributed by atoms with van der Waals surface area (Å²) in [6.45, 7) is 1.01. The molecule has 0 radical (unpaired) electrons. The number of rotatable bonds is 3. The van der Waals surface area contributed by atoms with Crippen molar-refractivity contribution in [3.63, 3.8) is 0 Å². The minimum Gasteiger partial charge on any atom is -0.385 e. The van der Waals surface area contributed by atoms with Crippen LogP contribution in [0, 0.1) is 0 Å². The highest BCUT2D eigenvalue weighted by atomic mass is 32.2. The number of fused-ring (bicyclic) bond motifs is 1. The van der Waals surface area contributed by atoms with Crippen molar-refractivity contribution in [3.8, 4) is 0 Å². The molecular weight excluding hydrogens is 280 g/mol. The zero-order chi connectivity index (χ0) is 14.7. The number of hydrogen-bond donors (Lipinski definition) is 2. The second-order valence-corrected chi connectivity index (χ2v) is 5.96. The van der Waals surface area contributed by atoms with Gasteiger partial charge in [-0.2, -0.15) is 0 Å². The van der Waals surface area contributed by atoms with Crippen LogP contribution in [0.3, 0.4) is 0 Å². The molecule has 0 aromatic heterocycles. The van der Waals surface area contributed by atoms with Gasteiger partial charge in [0.05, 0.1) is 0 Å². The number of thioether (sulfide) groups is 1. The third-order valence-corrected chi connectivity index (χ3v) is 4.40. The van der Waals surface area contributed by atoms with Crippen LogP contribution in [0.5, 0.6) is 0 Å². The van der Waals surface area contributed by atoms with Gasteiger partial charge in [0.25, 0.3) is 5.91 Å². The Bertz CT molecular complexity index is 652. The molecule has 0 atom stereocenters. The van der Waals surface area contributed by atoms with Crippen LogP contribution >= 0.6 is 11.8 Å². The van der Waals surface area contributed by atoms with Crippen LogP contribution < -0.4 is 10.6 Å². The lowest BCUT2D eigenvalue weighted by Gasteiger charge is -2.18. The molecule has 0 fully saturated rings. The first-order valence-corrected chi connectivity index (χ1v) is 8.31. The number of benzene rings is 2. The fourth-order valence-electron chi connectivity index (χ4n) is 2.49. The van der Waals surface area contributed by atoms with E-state index in [0.29, 0.717) is 5.56 Å². The topological polar surface area (TPSA) is 41.1 Å². The van der Waals surface area contributed by atoms with E-state index in [2.05, 4.69) is 10.6 Å². The fraction of sp³-hybridized carbons (Fsp3) is 0.235. The molecule has 0 unspecified atom stereocenters. The van der Waals surface area contributed by atoms with Gasteiger partial charge in [-0.15, -0.1) is 11.8 Å². The molecule has 2 aromatic carbocycles. The summed E-state index contributed by atoms with van der Waals surface area (Å²) in [7, 11) is 0. The van der Waals surface area contributed by atoms with Crippen molar-refractivity contribution in [1.82, 2.24) is 0 Å². The summed E-state index contributed by atoms with van der Waals surface area (Å²) in [6.07, 6.45) is 4.19. The van der Waals surface area contributed by atoms with Gasteiger partial charge in [0.2, 0.25) is 0 Å². The maximum Gasteiger partial charge on any atom is 0.255 e. The number of carbonyl (C=O) groups is 1. The average Bonchev–Trinajstić information content (AvgIpc) is 2.55. The number of aryl methyl sites for hydroxylation is 1. The summed E-state index contributed by atoms with van der Waals surface area (Å²) in [5, 5.41) is 6.30. The van der Waals surface area contributed by atoms with E-state index < -0.39 is 0 Å². The molecule has 0 spiro atoms. The van der Waals surface area contributed by atoms with Crippen LogP contribution in [0.15, 0.2) is 47.4 Å². The van der Waals surface area contributed by atoms with E-state index in [1.54, 1.807) is 11.8 Å². The van der Waals surface area contributed by atoms with Crippen molar-refractivity contribution in [3.05, 3.63) is 53.6 Å². The lowest BCUT2D eigenvalue weighted by Crippen LogP contribution is -2.15. The molecule has 2 aromatic rings. The molecule has 0 aliphatic carbocycles. The Balaban J connectivity index is 1.75. The Hall–Kier alpha value is -1.94. The van der Waals surface area contributed by atoms with Crippen LogP contribution in [-0.4, -0.2) is 18.7 Å². The Morgan fingerprint density at radius 1 is 1.19 bits per heavy atom. The first kappa shape index (κ1) is 14.0. The zero-order valence-corrected chi connectivity index (χ0v) is 12.8. The van der Waals surface area contributed by atoms with Crippen LogP contribution in [0.25, 0.3) is 0 Å². The minimum absolute atomic E-state index is 0.0553. The molecule has 1 heterocycles. The first-order chi connectivity index (χ1) is 10.3. The summed E-state index contributed by atoms with van der Waals surface area (Å²) in [5.41, 5.74) is 3.92. The average molecular weight is 298 g/mol. The maximum absolute atomic E-state index is 12.3. The van der Waals surface area contributed by atoms with Gasteiger partial charge in [0.15, 0.2) is 0 Å². The molecule has 21 heavy (non-hydrogen) atoms. The van der Waals surface area contributed by atoms with Crippen LogP contribution in [0.4, 0.5) is 11.4 Å². The van der Waals surface area contributed by atoms with Crippen molar-refractivity contribution >= 4 is 29.0 Å². The highest BCUT2D eigenvalue weighted by Crippen LogP contribution is 2.24. The Labute approximate surface area is 129 Å². The summed E-state index contributed by atoms with van der Waals surface area (Å²) in [4.78, 5) is 13.5. The summed E-state index contributed by atoms with van der Waals surface area (Å²) in [6, 6.07) is 13.8. The van der Waals surface area contributed by atoms with E-state index in [1.165, 1.54) is 10.5 Å². The maximum atomic E-state index is 12.3. The van der Waals surface area contributed by atoms with E-state index in [0.717, 1.165) is 30.8 Å². The molecule has 1 aliphatic heterocycles. The van der Waals surface area contributed by atoms with E-state index >= 15 is 0 Å². The lowest BCUT2D eigenvalue weighted by atomic mass is 10.0. The second-order valence-electron chi connectivity index (χ2n) is 5.08. The molecule has 0 saturated carbocycles. The summed E-state index contributed by atoms with van der Waals surface area (Å²) >= 11 is 1.69. The number of hydrogen-bond acceptors (Lipinski definition) is 3. The van der Waals surface area contributed by atoms with Gasteiger partial charge in [-0.25, -0.2) is 0 Å². The molecular formula is C17H18N2OS. The monoisotopic (exact) mass is 298 g/mol. The predicted molar refractivity (Wildman–Crippen MR) is 89.4 cm³/mol. The van der Waals surface area contributed by atoms with E-state index in [1.807, 2.05) is 48.7 Å². The highest BCUT2D eigenvalue weighted by molar-refractivity contribution is 7.98. The van der Waals surface area contributed by atoms with Gasteiger partial charge in [0, 0.05) is 28.4 Å². The standard InChI is InChI=1S/C17H18N2OS/c1-21-15-7-5-14(6-8-15)19-17(20)13-4-9-16-12(11-13)3-2-10-18-16/h4-9,11,18H,2-3,10H2,1H3,(H,19,20). The van der Waals surface area contributed by atoms with Gasteiger partial charge in [-0.1, -0.05) is 0 Å². The normalized spacial score (nSPS) is 13.2. The van der Waals surface area contributed by atoms with Crippen molar-refractivity contribution < 1.29 is 4.79 Å². The lowest BCUT2D eigenvalue weighted by molar-refractivity contribution is 0.102. The van der Waals surface area contributed by atoms with Gasteiger partial charge in [0.1, 0.15) is 0 Å².